The Bertz CT molecular complexity index is 1640. The normalized spacial score (nSPS) is 12.2. The lowest BCUT2D eigenvalue weighted by Crippen LogP contribution is -2.39. The summed E-state index contributed by atoms with van der Waals surface area (Å²) in [5.41, 5.74) is 1.54. The Morgan fingerprint density at radius 1 is 0.476 bits per heavy atom. The fourth-order valence-electron chi connectivity index (χ4n) is 5.76. The molecule has 0 saturated carbocycles. The molecule has 206 valence electrons. The number of rotatable bonds is 8. The maximum atomic E-state index is 11.3. The Morgan fingerprint density at radius 2 is 0.833 bits per heavy atom. The van der Waals surface area contributed by atoms with Gasteiger partial charge in [0.1, 0.15) is 10.8 Å². The summed E-state index contributed by atoms with van der Waals surface area (Å²) in [6.45, 7) is 0. The molecule has 0 aliphatic rings. The maximum absolute atomic E-state index is 11.3. The molecule has 1 atom stereocenters. The molecule has 0 amide bonds. The summed E-state index contributed by atoms with van der Waals surface area (Å²) in [7, 11) is 0. The highest BCUT2D eigenvalue weighted by molar-refractivity contribution is 6.31. The molecular formula is C36H24Cl4N2. The predicted octanol–water partition coefficient (Wildman–Crippen LogP) is 10.8. The molecule has 0 spiro atoms. The number of nitrogens with zero attached hydrogens (tertiary/aromatic N) is 2. The Kier molecular flexibility index (Phi) is 8.93. The third-order valence-corrected chi connectivity index (χ3v) is 8.88. The molecule has 42 heavy (non-hydrogen) atoms. The van der Waals surface area contributed by atoms with Gasteiger partial charge in [-0.3, -0.25) is 0 Å². The van der Waals surface area contributed by atoms with Crippen molar-refractivity contribution < 1.29 is 0 Å². The summed E-state index contributed by atoms with van der Waals surface area (Å²) in [6, 6.07) is 44.6. The van der Waals surface area contributed by atoms with Gasteiger partial charge in [-0.2, -0.15) is 10.5 Å². The van der Waals surface area contributed by atoms with Crippen molar-refractivity contribution in [3.8, 4) is 12.1 Å². The average molecular weight is 626 g/mol. The highest BCUT2D eigenvalue weighted by Crippen LogP contribution is 2.52. The number of benzene rings is 5. The van der Waals surface area contributed by atoms with E-state index in [1.807, 2.05) is 78.9 Å². The van der Waals surface area contributed by atoms with Crippen LogP contribution in [0, 0.1) is 22.7 Å². The van der Waals surface area contributed by atoms with Crippen molar-refractivity contribution in [1.29, 1.82) is 10.5 Å². The molecule has 0 bridgehead atoms. The molecule has 1 unspecified atom stereocenters. The van der Waals surface area contributed by atoms with Crippen LogP contribution < -0.4 is 0 Å². The maximum Gasteiger partial charge on any atom is 0.114 e. The molecule has 0 aliphatic carbocycles. The summed E-state index contributed by atoms with van der Waals surface area (Å²) >= 11 is 25.2. The van der Waals surface area contributed by atoms with E-state index in [2.05, 4.69) is 12.1 Å². The van der Waals surface area contributed by atoms with E-state index in [0.717, 1.165) is 27.8 Å². The molecular weight excluding hydrogens is 602 g/mol. The molecule has 0 aliphatic heterocycles. The van der Waals surface area contributed by atoms with Gasteiger partial charge < -0.3 is 0 Å². The van der Waals surface area contributed by atoms with E-state index >= 15 is 0 Å². The van der Waals surface area contributed by atoms with Gasteiger partial charge in [0.2, 0.25) is 0 Å². The standard InChI is InChI=1S/C36H24Cl4N2/c37-30-14-6-26(7-15-30)35(23-41,27-8-16-31(38)17-9-27)22-34(25-4-2-1-3-5-25)36(24-42,28-10-18-32(39)19-11-28)29-12-20-33(40)21-13-29/h1-21,34H,22H2. The van der Waals surface area contributed by atoms with Crippen molar-refractivity contribution in [3.63, 3.8) is 0 Å². The third kappa shape index (κ3) is 5.65. The van der Waals surface area contributed by atoms with Crippen LogP contribution in [0.2, 0.25) is 20.1 Å². The molecule has 0 heterocycles. The van der Waals surface area contributed by atoms with Crippen molar-refractivity contribution in [1.82, 2.24) is 0 Å². The van der Waals surface area contributed by atoms with Crippen LogP contribution in [-0.4, -0.2) is 0 Å². The molecule has 0 N–H and O–H groups in total. The Labute approximate surface area is 266 Å². The minimum absolute atomic E-state index is 0.260. The van der Waals surface area contributed by atoms with E-state index in [9.17, 15) is 10.5 Å². The minimum atomic E-state index is -1.22. The monoisotopic (exact) mass is 624 g/mol. The Morgan fingerprint density at radius 3 is 1.17 bits per heavy atom. The van der Waals surface area contributed by atoms with Gasteiger partial charge in [-0.25, -0.2) is 0 Å². The highest BCUT2D eigenvalue weighted by Gasteiger charge is 2.49. The zero-order valence-electron chi connectivity index (χ0n) is 22.3. The smallest absolute Gasteiger partial charge is 0.114 e. The molecule has 0 radical (unpaired) electrons. The summed E-state index contributed by atoms with van der Waals surface area (Å²) in [6.07, 6.45) is 0.260. The molecule has 0 aromatic heterocycles. The minimum Gasteiger partial charge on any atom is -0.197 e. The van der Waals surface area contributed by atoms with Crippen molar-refractivity contribution >= 4 is 46.4 Å². The third-order valence-electron chi connectivity index (χ3n) is 7.88. The van der Waals surface area contributed by atoms with Gasteiger partial charge in [0.25, 0.3) is 0 Å². The first-order chi connectivity index (χ1) is 20.3. The fraction of sp³-hybridized carbons (Fsp3) is 0.111. The lowest BCUT2D eigenvalue weighted by Gasteiger charge is -2.41. The van der Waals surface area contributed by atoms with Crippen molar-refractivity contribution in [2.75, 3.05) is 0 Å². The first kappa shape index (κ1) is 29.7. The van der Waals surface area contributed by atoms with Crippen LogP contribution in [0.4, 0.5) is 0 Å². The van der Waals surface area contributed by atoms with Crippen LogP contribution in [0.25, 0.3) is 0 Å². The van der Waals surface area contributed by atoms with Gasteiger partial charge in [-0.1, -0.05) is 125 Å². The molecule has 5 aromatic carbocycles. The molecule has 5 aromatic rings. The van der Waals surface area contributed by atoms with Crippen LogP contribution in [0.1, 0.15) is 40.2 Å². The first-order valence-corrected chi connectivity index (χ1v) is 14.8. The Hall–Kier alpha value is -3.76. The van der Waals surface area contributed by atoms with Gasteiger partial charge in [0.05, 0.1) is 12.1 Å². The van der Waals surface area contributed by atoms with Gasteiger partial charge in [-0.15, -0.1) is 0 Å². The topological polar surface area (TPSA) is 47.6 Å². The highest BCUT2D eigenvalue weighted by atomic mass is 35.5. The van der Waals surface area contributed by atoms with E-state index in [0.29, 0.717) is 20.1 Å². The van der Waals surface area contributed by atoms with Crippen LogP contribution in [0.5, 0.6) is 0 Å². The molecule has 0 fully saturated rings. The first-order valence-electron chi connectivity index (χ1n) is 13.2. The summed E-state index contributed by atoms with van der Waals surface area (Å²) in [5, 5.41) is 24.7. The van der Waals surface area contributed by atoms with E-state index < -0.39 is 16.7 Å². The van der Waals surface area contributed by atoms with Gasteiger partial charge in [0.15, 0.2) is 0 Å². The van der Waals surface area contributed by atoms with Gasteiger partial charge in [0, 0.05) is 26.0 Å². The lowest BCUT2D eigenvalue weighted by atomic mass is 9.58. The Balaban J connectivity index is 1.85. The number of hydrogen-bond donors (Lipinski definition) is 0. The van der Waals surface area contributed by atoms with Crippen molar-refractivity contribution in [3.05, 3.63) is 175 Å². The summed E-state index contributed by atoms with van der Waals surface area (Å²) in [4.78, 5) is 0. The number of halogens is 4. The molecule has 5 rings (SSSR count). The lowest BCUT2D eigenvalue weighted by molar-refractivity contribution is 0.415. The van der Waals surface area contributed by atoms with Crippen LogP contribution in [0.15, 0.2) is 127 Å². The van der Waals surface area contributed by atoms with E-state index in [4.69, 9.17) is 46.4 Å². The molecule has 2 nitrogen and oxygen atoms in total. The predicted molar refractivity (Wildman–Crippen MR) is 172 cm³/mol. The largest absolute Gasteiger partial charge is 0.197 e. The average Bonchev–Trinajstić information content (AvgIpc) is 3.02. The fourth-order valence-corrected chi connectivity index (χ4v) is 6.26. The van der Waals surface area contributed by atoms with E-state index in [1.54, 1.807) is 48.5 Å². The second-order valence-corrected chi connectivity index (χ2v) is 11.9. The molecule has 0 saturated heterocycles. The zero-order valence-corrected chi connectivity index (χ0v) is 25.3. The SMILES string of the molecule is N#CC(CC(c1ccccc1)C(C#N)(c1ccc(Cl)cc1)c1ccc(Cl)cc1)(c1ccc(Cl)cc1)c1ccc(Cl)cc1. The summed E-state index contributed by atoms with van der Waals surface area (Å²) < 4.78 is 0. The van der Waals surface area contributed by atoms with Crippen LogP contribution in [-0.2, 0) is 10.8 Å². The van der Waals surface area contributed by atoms with Crippen molar-refractivity contribution in [2.45, 2.75) is 23.2 Å². The molecule has 6 heteroatoms. The van der Waals surface area contributed by atoms with Crippen LogP contribution >= 0.6 is 46.4 Å². The second-order valence-electron chi connectivity index (χ2n) is 10.1. The summed E-state index contributed by atoms with van der Waals surface area (Å²) in [5.74, 6) is -0.503. The van der Waals surface area contributed by atoms with Crippen LogP contribution in [0.3, 0.4) is 0 Å². The second kappa shape index (κ2) is 12.6. The van der Waals surface area contributed by atoms with E-state index in [-0.39, 0.29) is 6.42 Å². The van der Waals surface area contributed by atoms with Crippen molar-refractivity contribution in [2.24, 2.45) is 0 Å². The van der Waals surface area contributed by atoms with E-state index in [1.165, 1.54) is 0 Å². The number of hydrogen-bond acceptors (Lipinski definition) is 2. The van der Waals surface area contributed by atoms with Gasteiger partial charge in [-0.05, 0) is 82.8 Å². The quantitative estimate of drug-likeness (QED) is 0.172. The zero-order chi connectivity index (χ0) is 29.7. The number of nitriles is 2. The van der Waals surface area contributed by atoms with Gasteiger partial charge >= 0.3 is 0 Å².